The van der Waals surface area contributed by atoms with Crippen LogP contribution < -0.4 is 0 Å². The van der Waals surface area contributed by atoms with Crippen molar-refractivity contribution < 1.29 is 18.9 Å². The van der Waals surface area contributed by atoms with Crippen molar-refractivity contribution in [2.75, 3.05) is 19.5 Å². The summed E-state index contributed by atoms with van der Waals surface area (Å²) < 4.78 is 24.8. The minimum Gasteiger partial charge on any atom is -0.374 e. The Labute approximate surface area is 153 Å². The summed E-state index contributed by atoms with van der Waals surface area (Å²) in [6.07, 6.45) is 8.42. The third-order valence-electron chi connectivity index (χ3n) is 5.32. The zero-order valence-electron chi connectivity index (χ0n) is 15.1. The van der Waals surface area contributed by atoms with Gasteiger partial charge in [-0.1, -0.05) is 24.9 Å². The highest BCUT2D eigenvalue weighted by atomic mass is 32.2. The number of nitrogens with zero attached hydrogens (tertiary/aromatic N) is 3. The zero-order valence-corrected chi connectivity index (χ0v) is 16.0. The number of hydrogen-bond donors (Lipinski definition) is 0. The summed E-state index contributed by atoms with van der Waals surface area (Å²) >= 11 is 1.58. The third kappa shape index (κ3) is 4.26. The van der Waals surface area contributed by atoms with Crippen molar-refractivity contribution in [2.24, 2.45) is 5.11 Å². The summed E-state index contributed by atoms with van der Waals surface area (Å²) in [5.41, 5.74) is 8.95. The Hall–Kier alpha value is -0.500. The van der Waals surface area contributed by atoms with Crippen LogP contribution in [0.4, 0.5) is 0 Å². The first-order valence-corrected chi connectivity index (χ1v) is 10.7. The van der Waals surface area contributed by atoms with Crippen molar-refractivity contribution in [2.45, 2.75) is 87.4 Å². The maximum absolute atomic E-state index is 9.13. The van der Waals surface area contributed by atoms with Crippen molar-refractivity contribution in [1.82, 2.24) is 0 Å². The van der Waals surface area contributed by atoms with Crippen LogP contribution in [-0.2, 0) is 18.9 Å². The van der Waals surface area contributed by atoms with Crippen molar-refractivity contribution in [3.8, 4) is 0 Å². The second kappa shape index (κ2) is 8.93. The fourth-order valence-corrected chi connectivity index (χ4v) is 4.73. The second-order valence-electron chi connectivity index (χ2n) is 7.03. The molecule has 142 valence electrons. The predicted octanol–water partition coefficient (Wildman–Crippen LogP) is 4.01. The first-order chi connectivity index (χ1) is 12.2. The highest BCUT2D eigenvalue weighted by Gasteiger charge is 2.53. The quantitative estimate of drug-likeness (QED) is 0.305. The van der Waals surface area contributed by atoms with Gasteiger partial charge in [-0.2, -0.15) is 0 Å². The molecule has 0 aromatic heterocycles. The molecule has 2 aliphatic heterocycles. The van der Waals surface area contributed by atoms with Gasteiger partial charge in [0.2, 0.25) is 0 Å². The van der Waals surface area contributed by atoms with Crippen molar-refractivity contribution >= 4 is 11.8 Å². The summed E-state index contributed by atoms with van der Waals surface area (Å²) in [5.74, 6) is -0.536. The van der Waals surface area contributed by atoms with E-state index in [1.54, 1.807) is 11.8 Å². The molecule has 3 rings (SSSR count). The highest BCUT2D eigenvalue weighted by Crippen LogP contribution is 2.43. The lowest BCUT2D eigenvalue weighted by atomic mass is 9.90. The lowest BCUT2D eigenvalue weighted by Gasteiger charge is -2.52. The fourth-order valence-electron chi connectivity index (χ4n) is 3.97. The standard InChI is InChI=1S/C17H29N3O4S/c1-3-4-10-21-15-13(19-20-18)14-12(23-16(15)25-2)11-22-17(24-14)8-6-5-7-9-17/h12-16H,3-11H2,1-2H3/t12?,13?,14-,15-,16+/m1/s1. The monoisotopic (exact) mass is 371 g/mol. The van der Waals surface area contributed by atoms with Crippen LogP contribution in [0, 0.1) is 0 Å². The average Bonchev–Trinajstić information content (AvgIpc) is 2.64. The smallest absolute Gasteiger partial charge is 0.168 e. The summed E-state index contributed by atoms with van der Waals surface area (Å²) in [4.78, 5) is 3.09. The van der Waals surface area contributed by atoms with E-state index in [4.69, 9.17) is 24.5 Å². The van der Waals surface area contributed by atoms with E-state index in [1.807, 2.05) is 6.26 Å². The Morgan fingerprint density at radius 3 is 2.80 bits per heavy atom. The van der Waals surface area contributed by atoms with E-state index in [9.17, 15) is 0 Å². The summed E-state index contributed by atoms with van der Waals surface area (Å²) in [6.45, 7) is 3.25. The van der Waals surface area contributed by atoms with Gasteiger partial charge in [0.05, 0.1) is 12.6 Å². The molecule has 8 heteroatoms. The predicted molar refractivity (Wildman–Crippen MR) is 96.4 cm³/mol. The molecule has 2 saturated heterocycles. The average molecular weight is 372 g/mol. The molecule has 0 amide bonds. The van der Waals surface area contributed by atoms with Crippen LogP contribution in [0.3, 0.4) is 0 Å². The molecule has 0 aromatic rings. The second-order valence-corrected chi connectivity index (χ2v) is 7.96. The number of thioether (sulfide) groups is 1. The lowest BCUT2D eigenvalue weighted by molar-refractivity contribution is -0.356. The van der Waals surface area contributed by atoms with Crippen LogP contribution in [0.25, 0.3) is 10.4 Å². The van der Waals surface area contributed by atoms with Gasteiger partial charge in [-0.3, -0.25) is 0 Å². The molecule has 1 aliphatic carbocycles. The van der Waals surface area contributed by atoms with Gasteiger partial charge in [0.25, 0.3) is 0 Å². The maximum Gasteiger partial charge on any atom is 0.168 e. The summed E-state index contributed by atoms with van der Waals surface area (Å²) in [5, 5.41) is 4.09. The van der Waals surface area contributed by atoms with E-state index in [2.05, 4.69) is 16.9 Å². The molecular formula is C17H29N3O4S. The largest absolute Gasteiger partial charge is 0.374 e. The van der Waals surface area contributed by atoms with Crippen LogP contribution in [0.1, 0.15) is 51.9 Å². The van der Waals surface area contributed by atoms with Crippen LogP contribution in [-0.4, -0.2) is 55.0 Å². The van der Waals surface area contributed by atoms with Crippen molar-refractivity contribution in [1.29, 1.82) is 0 Å². The Morgan fingerprint density at radius 1 is 1.32 bits per heavy atom. The number of rotatable bonds is 6. The topological polar surface area (TPSA) is 85.7 Å². The van der Waals surface area contributed by atoms with E-state index in [0.717, 1.165) is 38.5 Å². The molecule has 3 aliphatic rings. The van der Waals surface area contributed by atoms with Gasteiger partial charge < -0.3 is 18.9 Å². The Bertz CT molecular complexity index is 483. The number of ether oxygens (including phenoxy) is 4. The molecule has 5 atom stereocenters. The summed E-state index contributed by atoms with van der Waals surface area (Å²) in [6, 6.07) is -0.388. The molecule has 7 nitrogen and oxygen atoms in total. The minimum atomic E-state index is -0.536. The van der Waals surface area contributed by atoms with Gasteiger partial charge in [-0.15, -0.1) is 11.8 Å². The molecule has 2 heterocycles. The first kappa shape index (κ1) is 19.3. The molecule has 0 aromatic carbocycles. The van der Waals surface area contributed by atoms with E-state index in [0.29, 0.717) is 13.2 Å². The Balaban J connectivity index is 1.79. The van der Waals surface area contributed by atoms with Crippen molar-refractivity contribution in [3.05, 3.63) is 10.4 Å². The van der Waals surface area contributed by atoms with Crippen LogP contribution >= 0.6 is 11.8 Å². The fraction of sp³-hybridized carbons (Fsp3) is 1.00. The van der Waals surface area contributed by atoms with Crippen LogP contribution in [0.2, 0.25) is 0 Å². The number of fused-ring (bicyclic) bond motifs is 1. The molecule has 25 heavy (non-hydrogen) atoms. The minimum absolute atomic E-state index is 0.179. The van der Waals surface area contributed by atoms with Gasteiger partial charge in [0.15, 0.2) is 5.79 Å². The number of azide groups is 1. The van der Waals surface area contributed by atoms with E-state index in [-0.39, 0.29) is 29.8 Å². The number of hydrogen-bond acceptors (Lipinski definition) is 6. The van der Waals surface area contributed by atoms with E-state index < -0.39 is 5.79 Å². The molecule has 0 bridgehead atoms. The molecule has 3 fully saturated rings. The third-order valence-corrected chi connectivity index (χ3v) is 6.16. The van der Waals surface area contributed by atoms with Crippen LogP contribution in [0.5, 0.6) is 0 Å². The maximum atomic E-state index is 9.13. The van der Waals surface area contributed by atoms with Gasteiger partial charge in [0, 0.05) is 24.4 Å². The van der Waals surface area contributed by atoms with Crippen LogP contribution in [0.15, 0.2) is 5.11 Å². The normalized spacial score (nSPS) is 37.3. The van der Waals surface area contributed by atoms with E-state index >= 15 is 0 Å². The van der Waals surface area contributed by atoms with Crippen molar-refractivity contribution in [3.63, 3.8) is 0 Å². The Morgan fingerprint density at radius 2 is 2.12 bits per heavy atom. The highest BCUT2D eigenvalue weighted by molar-refractivity contribution is 7.99. The molecular weight excluding hydrogens is 342 g/mol. The van der Waals surface area contributed by atoms with Gasteiger partial charge in [-0.25, -0.2) is 0 Å². The molecule has 0 N–H and O–H groups in total. The molecule has 1 saturated carbocycles. The SMILES string of the molecule is CCCCO[C@@H]1C(N=[N+]=[N-])[C@@H]2OC3(CCCCC3)OCC2O[C@H]1SC. The zero-order chi connectivity index (χ0) is 17.7. The Kier molecular flexibility index (Phi) is 6.88. The van der Waals surface area contributed by atoms with Gasteiger partial charge in [0.1, 0.15) is 23.7 Å². The van der Waals surface area contributed by atoms with Gasteiger partial charge in [-0.05, 0) is 31.0 Å². The molecule has 0 radical (unpaired) electrons. The summed E-state index contributed by atoms with van der Waals surface area (Å²) in [7, 11) is 0. The van der Waals surface area contributed by atoms with Gasteiger partial charge >= 0.3 is 0 Å². The number of unbranched alkanes of at least 4 members (excludes halogenated alkanes) is 1. The van der Waals surface area contributed by atoms with E-state index in [1.165, 1.54) is 6.42 Å². The molecule has 2 unspecified atom stereocenters. The molecule has 1 spiro atoms. The first-order valence-electron chi connectivity index (χ1n) is 9.39. The lowest BCUT2D eigenvalue weighted by Crippen LogP contribution is -2.64.